The number of fused-ring (bicyclic) bond motifs is 1. The number of piperidine rings is 1. The van der Waals surface area contributed by atoms with E-state index >= 15 is 0 Å². The molecule has 164 valence electrons. The zero-order valence-corrected chi connectivity index (χ0v) is 17.8. The quantitative estimate of drug-likeness (QED) is 0.789. The number of likely N-dealkylation sites (tertiary alicyclic amines) is 1. The van der Waals surface area contributed by atoms with Crippen LogP contribution in [0.4, 0.5) is 10.5 Å². The molecule has 0 radical (unpaired) electrons. The van der Waals surface area contributed by atoms with Gasteiger partial charge < -0.3 is 10.2 Å². The number of hydrogen-bond donors (Lipinski definition) is 2. The Hall–Kier alpha value is -2.45. The van der Waals surface area contributed by atoms with Crippen LogP contribution in [-0.4, -0.2) is 65.9 Å². The van der Waals surface area contributed by atoms with E-state index in [1.54, 1.807) is 4.90 Å². The lowest BCUT2D eigenvalue weighted by Gasteiger charge is -2.55. The highest BCUT2D eigenvalue weighted by atomic mass is 16.2. The highest BCUT2D eigenvalue weighted by Gasteiger charge is 2.48. The van der Waals surface area contributed by atoms with E-state index in [0.29, 0.717) is 24.4 Å². The third-order valence-electron chi connectivity index (χ3n) is 7.83. The summed E-state index contributed by atoms with van der Waals surface area (Å²) in [5.41, 5.74) is 2.56. The molecule has 1 aliphatic carbocycles. The molecule has 1 saturated carbocycles. The van der Waals surface area contributed by atoms with E-state index in [-0.39, 0.29) is 11.9 Å². The van der Waals surface area contributed by atoms with Crippen molar-refractivity contribution in [1.82, 2.24) is 25.3 Å². The van der Waals surface area contributed by atoms with E-state index in [0.717, 1.165) is 48.4 Å². The van der Waals surface area contributed by atoms with Crippen LogP contribution in [0.2, 0.25) is 0 Å². The summed E-state index contributed by atoms with van der Waals surface area (Å²) in [6.45, 7) is 6.38. The molecule has 4 heterocycles. The maximum absolute atomic E-state index is 12.3. The molecule has 1 aromatic carbocycles. The van der Waals surface area contributed by atoms with Gasteiger partial charge in [-0.2, -0.15) is 5.10 Å². The Morgan fingerprint density at radius 3 is 2.61 bits per heavy atom. The topological polar surface area (TPSA) is 82.5 Å². The summed E-state index contributed by atoms with van der Waals surface area (Å²) in [5, 5.41) is 11.6. The Kier molecular flexibility index (Phi) is 4.54. The van der Waals surface area contributed by atoms with Gasteiger partial charge in [-0.1, -0.05) is 6.07 Å². The number of nitrogens with one attached hydrogen (secondary N) is 2. The molecule has 2 N–H and O–H groups in total. The van der Waals surface area contributed by atoms with E-state index < -0.39 is 0 Å². The Morgan fingerprint density at radius 2 is 1.90 bits per heavy atom. The number of amides is 3. The van der Waals surface area contributed by atoms with E-state index in [1.807, 2.05) is 18.3 Å². The molecule has 0 atom stereocenters. The predicted octanol–water partition coefficient (Wildman–Crippen LogP) is 2.12. The van der Waals surface area contributed by atoms with Crippen molar-refractivity contribution in [3.63, 3.8) is 0 Å². The zero-order valence-electron chi connectivity index (χ0n) is 17.8. The number of aromatic nitrogens is 2. The molecule has 4 fully saturated rings. The van der Waals surface area contributed by atoms with Gasteiger partial charge in [-0.3, -0.25) is 19.7 Å². The molecule has 4 aliphatic rings. The van der Waals surface area contributed by atoms with Crippen LogP contribution in [0.15, 0.2) is 24.4 Å². The summed E-state index contributed by atoms with van der Waals surface area (Å²) < 4.78 is 2.15. The number of carbonyl (C=O) groups excluding carboxylic acids is 2. The second kappa shape index (κ2) is 7.31. The van der Waals surface area contributed by atoms with Crippen molar-refractivity contribution in [3.8, 4) is 0 Å². The maximum atomic E-state index is 12.3. The molecule has 31 heavy (non-hydrogen) atoms. The molecular formula is C23H30N6O2. The largest absolute Gasteiger partial charge is 0.328 e. The Bertz CT molecular complexity index is 1010. The van der Waals surface area contributed by atoms with Gasteiger partial charge in [0.1, 0.15) is 0 Å². The number of carbonyl (C=O) groups is 2. The minimum atomic E-state index is -0.347. The molecule has 1 spiro atoms. The van der Waals surface area contributed by atoms with Crippen LogP contribution in [0, 0.1) is 11.3 Å². The van der Waals surface area contributed by atoms with Gasteiger partial charge in [-0.25, -0.2) is 4.79 Å². The van der Waals surface area contributed by atoms with Crippen molar-refractivity contribution in [2.75, 3.05) is 44.2 Å². The number of hydrogen-bond acceptors (Lipinski definition) is 5. The fourth-order valence-electron chi connectivity index (χ4n) is 6.15. The molecule has 6 rings (SSSR count). The van der Waals surface area contributed by atoms with Crippen molar-refractivity contribution >= 4 is 28.5 Å². The normalized spacial score (nSPS) is 25.0. The van der Waals surface area contributed by atoms with Crippen LogP contribution < -0.4 is 15.5 Å². The molecule has 3 amide bonds. The smallest absolute Gasteiger partial charge is 0.316 e. The van der Waals surface area contributed by atoms with E-state index in [2.05, 4.69) is 26.3 Å². The lowest BCUT2D eigenvalue weighted by atomic mass is 9.58. The van der Waals surface area contributed by atoms with Crippen molar-refractivity contribution in [2.45, 2.75) is 38.1 Å². The van der Waals surface area contributed by atoms with Gasteiger partial charge >= 0.3 is 6.03 Å². The molecule has 0 unspecified atom stereocenters. The number of urea groups is 1. The summed E-state index contributed by atoms with van der Waals surface area (Å²) in [4.78, 5) is 28.1. The molecule has 8 nitrogen and oxygen atoms in total. The summed E-state index contributed by atoms with van der Waals surface area (Å²) in [7, 11) is 0. The summed E-state index contributed by atoms with van der Waals surface area (Å²) in [6.07, 6.45) is 7.23. The van der Waals surface area contributed by atoms with Gasteiger partial charge in [-0.15, -0.1) is 0 Å². The SMILES string of the molecule is O=C1CCN(c2cccc3c2cnn3C2CCN(CC3CC4(CNC4)C3)CC2)C(=O)N1. The van der Waals surface area contributed by atoms with Crippen LogP contribution >= 0.6 is 0 Å². The Balaban J connectivity index is 1.13. The first-order valence-electron chi connectivity index (χ1n) is 11.6. The van der Waals surface area contributed by atoms with Gasteiger partial charge in [0.25, 0.3) is 0 Å². The van der Waals surface area contributed by atoms with Crippen LogP contribution in [0.3, 0.4) is 0 Å². The fraction of sp³-hybridized carbons (Fsp3) is 0.609. The van der Waals surface area contributed by atoms with Gasteiger partial charge in [0.15, 0.2) is 0 Å². The average Bonchev–Trinajstić information content (AvgIpc) is 3.14. The van der Waals surface area contributed by atoms with Crippen molar-refractivity contribution < 1.29 is 9.59 Å². The van der Waals surface area contributed by atoms with Gasteiger partial charge in [0, 0.05) is 51.1 Å². The van der Waals surface area contributed by atoms with Crippen LogP contribution in [0.25, 0.3) is 10.9 Å². The fourth-order valence-corrected chi connectivity index (χ4v) is 6.15. The molecule has 3 saturated heterocycles. The second-order valence-corrected chi connectivity index (χ2v) is 9.96. The van der Waals surface area contributed by atoms with Crippen molar-refractivity contribution in [1.29, 1.82) is 0 Å². The highest BCUT2D eigenvalue weighted by Crippen LogP contribution is 2.48. The lowest BCUT2D eigenvalue weighted by Crippen LogP contribution is -2.61. The minimum absolute atomic E-state index is 0.211. The minimum Gasteiger partial charge on any atom is -0.316 e. The standard InChI is InChI=1S/C23H30N6O2/c30-21-6-9-28(22(31)26-21)19-2-1-3-20-18(19)12-25-29(20)17-4-7-27(8-5-17)13-16-10-23(11-16)14-24-15-23/h1-3,12,16-17,24H,4-11,13-15H2,(H,26,30,31). The lowest BCUT2D eigenvalue weighted by molar-refractivity contribution is -0.120. The number of imide groups is 1. The molecule has 1 aromatic heterocycles. The monoisotopic (exact) mass is 422 g/mol. The van der Waals surface area contributed by atoms with Gasteiger partial charge in [0.2, 0.25) is 5.91 Å². The maximum Gasteiger partial charge on any atom is 0.328 e. The number of benzene rings is 1. The first-order chi connectivity index (χ1) is 15.1. The molecule has 8 heteroatoms. The zero-order chi connectivity index (χ0) is 21.0. The molecule has 2 aromatic rings. The third-order valence-corrected chi connectivity index (χ3v) is 7.83. The summed E-state index contributed by atoms with van der Waals surface area (Å²) in [5.74, 6) is 0.673. The third kappa shape index (κ3) is 3.32. The Labute approximate surface area is 181 Å². The van der Waals surface area contributed by atoms with Crippen molar-refractivity contribution in [2.24, 2.45) is 11.3 Å². The summed E-state index contributed by atoms with van der Waals surface area (Å²) in [6, 6.07) is 6.06. The van der Waals surface area contributed by atoms with Crippen LogP contribution in [-0.2, 0) is 4.79 Å². The molecular weight excluding hydrogens is 392 g/mol. The number of anilines is 1. The summed E-state index contributed by atoms with van der Waals surface area (Å²) >= 11 is 0. The van der Waals surface area contributed by atoms with Gasteiger partial charge in [-0.05, 0) is 49.1 Å². The predicted molar refractivity (Wildman–Crippen MR) is 118 cm³/mol. The molecule has 0 bridgehead atoms. The van der Waals surface area contributed by atoms with Crippen LogP contribution in [0.5, 0.6) is 0 Å². The van der Waals surface area contributed by atoms with Crippen LogP contribution in [0.1, 0.15) is 38.1 Å². The number of rotatable bonds is 4. The second-order valence-electron chi connectivity index (χ2n) is 9.96. The average molecular weight is 423 g/mol. The number of nitrogens with zero attached hydrogens (tertiary/aromatic N) is 4. The molecule has 3 aliphatic heterocycles. The first kappa shape index (κ1) is 19.3. The van der Waals surface area contributed by atoms with E-state index in [9.17, 15) is 9.59 Å². The van der Waals surface area contributed by atoms with E-state index in [4.69, 9.17) is 5.10 Å². The highest BCUT2D eigenvalue weighted by molar-refractivity contribution is 6.09. The van der Waals surface area contributed by atoms with E-state index in [1.165, 1.54) is 32.5 Å². The van der Waals surface area contributed by atoms with Gasteiger partial charge in [0.05, 0.1) is 23.4 Å². The van der Waals surface area contributed by atoms with Crippen molar-refractivity contribution in [3.05, 3.63) is 24.4 Å². The first-order valence-corrected chi connectivity index (χ1v) is 11.6. The Morgan fingerprint density at radius 1 is 1.10 bits per heavy atom.